The van der Waals surface area contributed by atoms with Gasteiger partial charge in [0.25, 0.3) is 0 Å². The molecule has 0 aromatic heterocycles. The Labute approximate surface area is 148 Å². The first-order chi connectivity index (χ1) is 12.0. The molecule has 5 heteroatoms. The summed E-state index contributed by atoms with van der Waals surface area (Å²) in [5.74, 6) is 0.746. The number of ether oxygens (including phenoxy) is 1. The SMILES string of the molecule is CC[C@H](NS(=O)(=O)c1ccc2ccccc2c1)c1ccc(OC)cc1. The molecule has 1 N–H and O–H groups in total. The Morgan fingerprint density at radius 2 is 1.64 bits per heavy atom. The van der Waals surface area contributed by atoms with E-state index in [9.17, 15) is 8.42 Å². The molecule has 0 aliphatic carbocycles. The van der Waals surface area contributed by atoms with Crippen LogP contribution in [0.15, 0.2) is 71.6 Å². The van der Waals surface area contributed by atoms with Crippen molar-refractivity contribution in [2.45, 2.75) is 24.3 Å². The lowest BCUT2D eigenvalue weighted by molar-refractivity contribution is 0.414. The first-order valence-electron chi connectivity index (χ1n) is 8.18. The number of benzene rings is 3. The van der Waals surface area contributed by atoms with Crippen molar-refractivity contribution >= 4 is 20.8 Å². The molecule has 0 spiro atoms. The summed E-state index contributed by atoms with van der Waals surface area (Å²) in [5.41, 5.74) is 0.910. The van der Waals surface area contributed by atoms with Crippen LogP contribution in [0, 0.1) is 0 Å². The number of methoxy groups -OCH3 is 1. The first-order valence-corrected chi connectivity index (χ1v) is 9.67. The van der Waals surface area contributed by atoms with E-state index in [4.69, 9.17) is 4.74 Å². The third kappa shape index (κ3) is 3.83. The number of hydrogen-bond donors (Lipinski definition) is 1. The van der Waals surface area contributed by atoms with Crippen LogP contribution in [-0.4, -0.2) is 15.5 Å². The van der Waals surface area contributed by atoms with Gasteiger partial charge in [0.05, 0.1) is 12.0 Å². The van der Waals surface area contributed by atoms with Crippen molar-refractivity contribution in [3.05, 3.63) is 72.3 Å². The van der Waals surface area contributed by atoms with E-state index in [2.05, 4.69) is 4.72 Å². The summed E-state index contributed by atoms with van der Waals surface area (Å²) >= 11 is 0. The van der Waals surface area contributed by atoms with Crippen LogP contribution < -0.4 is 9.46 Å². The van der Waals surface area contributed by atoms with Crippen LogP contribution in [0.4, 0.5) is 0 Å². The molecule has 0 saturated carbocycles. The van der Waals surface area contributed by atoms with Gasteiger partial charge in [0.15, 0.2) is 0 Å². The topological polar surface area (TPSA) is 55.4 Å². The molecule has 3 rings (SSSR count). The zero-order valence-electron chi connectivity index (χ0n) is 14.3. The number of nitrogens with one attached hydrogen (secondary N) is 1. The smallest absolute Gasteiger partial charge is 0.241 e. The molecule has 25 heavy (non-hydrogen) atoms. The summed E-state index contributed by atoms with van der Waals surface area (Å²) in [6, 6.07) is 20.0. The van der Waals surface area contributed by atoms with Crippen LogP contribution >= 0.6 is 0 Å². The molecule has 0 fully saturated rings. The largest absolute Gasteiger partial charge is 0.497 e. The van der Waals surface area contributed by atoms with E-state index < -0.39 is 10.0 Å². The fraction of sp³-hybridized carbons (Fsp3) is 0.200. The number of rotatable bonds is 6. The first kappa shape index (κ1) is 17.5. The van der Waals surface area contributed by atoms with Crippen molar-refractivity contribution in [2.75, 3.05) is 7.11 Å². The van der Waals surface area contributed by atoms with Crippen molar-refractivity contribution in [3.63, 3.8) is 0 Å². The van der Waals surface area contributed by atoms with Gasteiger partial charge >= 0.3 is 0 Å². The second-order valence-corrected chi connectivity index (χ2v) is 7.58. The van der Waals surface area contributed by atoms with Gasteiger partial charge in [-0.3, -0.25) is 0 Å². The summed E-state index contributed by atoms with van der Waals surface area (Å²) in [4.78, 5) is 0.276. The molecule has 3 aromatic carbocycles. The zero-order valence-corrected chi connectivity index (χ0v) is 15.1. The van der Waals surface area contributed by atoms with Gasteiger partial charge in [0, 0.05) is 6.04 Å². The van der Waals surface area contributed by atoms with Gasteiger partial charge in [-0.1, -0.05) is 49.4 Å². The van der Waals surface area contributed by atoms with Gasteiger partial charge < -0.3 is 4.74 Å². The molecule has 0 aliphatic rings. The van der Waals surface area contributed by atoms with Crippen molar-refractivity contribution in [1.29, 1.82) is 0 Å². The second kappa shape index (κ2) is 7.25. The summed E-state index contributed by atoms with van der Waals surface area (Å²) in [6.45, 7) is 1.96. The summed E-state index contributed by atoms with van der Waals surface area (Å²) in [6.07, 6.45) is 0.652. The summed E-state index contributed by atoms with van der Waals surface area (Å²) in [5, 5.41) is 1.92. The average molecular weight is 355 g/mol. The molecule has 0 saturated heterocycles. The Hall–Kier alpha value is -2.37. The molecule has 0 aliphatic heterocycles. The van der Waals surface area contributed by atoms with E-state index in [0.29, 0.717) is 6.42 Å². The standard InChI is InChI=1S/C20H21NO3S/c1-3-20(16-8-11-18(24-2)12-9-16)21-25(22,23)19-13-10-15-6-4-5-7-17(15)14-19/h4-14,20-21H,3H2,1-2H3/t20-/m0/s1. The Morgan fingerprint density at radius 1 is 0.960 bits per heavy atom. The minimum Gasteiger partial charge on any atom is -0.497 e. The third-order valence-electron chi connectivity index (χ3n) is 4.26. The molecule has 0 unspecified atom stereocenters. The maximum atomic E-state index is 12.8. The van der Waals surface area contributed by atoms with Gasteiger partial charge in [0.1, 0.15) is 5.75 Å². The van der Waals surface area contributed by atoms with Gasteiger partial charge in [-0.25, -0.2) is 13.1 Å². The highest BCUT2D eigenvalue weighted by Crippen LogP contribution is 2.24. The monoisotopic (exact) mass is 355 g/mol. The Bertz CT molecular complexity index is 966. The van der Waals surface area contributed by atoms with E-state index >= 15 is 0 Å². The van der Waals surface area contributed by atoms with E-state index in [0.717, 1.165) is 22.1 Å². The van der Waals surface area contributed by atoms with Crippen LogP contribution in [0.5, 0.6) is 5.75 Å². The lowest BCUT2D eigenvalue weighted by atomic mass is 10.1. The molecule has 0 amide bonds. The zero-order chi connectivity index (χ0) is 17.9. The molecule has 0 heterocycles. The Kier molecular flexibility index (Phi) is 5.06. The Morgan fingerprint density at radius 3 is 2.28 bits per heavy atom. The molecule has 3 aromatic rings. The molecular formula is C20H21NO3S. The van der Waals surface area contributed by atoms with E-state index in [1.165, 1.54) is 0 Å². The molecule has 1 atom stereocenters. The Balaban J connectivity index is 1.89. The number of sulfonamides is 1. The van der Waals surface area contributed by atoms with Crippen LogP contribution in [0.1, 0.15) is 24.9 Å². The molecule has 0 radical (unpaired) electrons. The fourth-order valence-corrected chi connectivity index (χ4v) is 4.16. The highest BCUT2D eigenvalue weighted by Gasteiger charge is 2.20. The highest BCUT2D eigenvalue weighted by molar-refractivity contribution is 7.89. The van der Waals surface area contributed by atoms with Gasteiger partial charge in [0.2, 0.25) is 10.0 Å². The molecular weight excluding hydrogens is 334 g/mol. The van der Waals surface area contributed by atoms with Crippen molar-refractivity contribution in [3.8, 4) is 5.75 Å². The van der Waals surface area contributed by atoms with Crippen molar-refractivity contribution in [1.82, 2.24) is 4.72 Å². The van der Waals surface area contributed by atoms with Crippen LogP contribution in [0.2, 0.25) is 0 Å². The quantitative estimate of drug-likeness (QED) is 0.718. The number of fused-ring (bicyclic) bond motifs is 1. The maximum Gasteiger partial charge on any atom is 0.241 e. The highest BCUT2D eigenvalue weighted by atomic mass is 32.2. The van der Waals surface area contributed by atoms with Crippen molar-refractivity contribution in [2.24, 2.45) is 0 Å². The van der Waals surface area contributed by atoms with Gasteiger partial charge in [-0.2, -0.15) is 0 Å². The van der Waals surface area contributed by atoms with Crippen LogP contribution in [0.25, 0.3) is 10.8 Å². The minimum atomic E-state index is -3.61. The van der Waals surface area contributed by atoms with E-state index in [1.807, 2.05) is 61.5 Å². The van der Waals surface area contributed by atoms with Crippen molar-refractivity contribution < 1.29 is 13.2 Å². The van der Waals surface area contributed by atoms with Gasteiger partial charge in [-0.15, -0.1) is 0 Å². The maximum absolute atomic E-state index is 12.8. The van der Waals surface area contributed by atoms with Gasteiger partial charge in [-0.05, 0) is 47.0 Å². The summed E-state index contributed by atoms with van der Waals surface area (Å²) < 4.78 is 33.6. The predicted molar refractivity (Wildman–Crippen MR) is 100 cm³/mol. The normalized spacial score (nSPS) is 12.9. The van der Waals surface area contributed by atoms with Crippen LogP contribution in [-0.2, 0) is 10.0 Å². The molecule has 0 bridgehead atoms. The second-order valence-electron chi connectivity index (χ2n) is 5.86. The summed E-state index contributed by atoms with van der Waals surface area (Å²) in [7, 11) is -2.00. The third-order valence-corrected chi connectivity index (χ3v) is 5.72. The predicted octanol–water partition coefficient (Wildman–Crippen LogP) is 4.28. The van der Waals surface area contributed by atoms with E-state index in [-0.39, 0.29) is 10.9 Å². The lowest BCUT2D eigenvalue weighted by Gasteiger charge is -2.18. The van der Waals surface area contributed by atoms with Crippen LogP contribution in [0.3, 0.4) is 0 Å². The average Bonchev–Trinajstić information content (AvgIpc) is 2.66. The van der Waals surface area contributed by atoms with E-state index in [1.54, 1.807) is 19.2 Å². The lowest BCUT2D eigenvalue weighted by Crippen LogP contribution is -2.28. The molecule has 130 valence electrons. The minimum absolute atomic E-state index is 0.276. The fourth-order valence-electron chi connectivity index (χ4n) is 2.81. The number of hydrogen-bond acceptors (Lipinski definition) is 3. The molecule has 4 nitrogen and oxygen atoms in total.